The standard InChI is InChI=1S/C13H15ClN4/c1-9-4-3-5-10(16-9)8-18(2)13-11(15)6-7-12(14)17-13/h3-7H,8,15H2,1-2H3. The van der Waals surface area contributed by atoms with Crippen molar-refractivity contribution in [1.29, 1.82) is 0 Å². The van der Waals surface area contributed by atoms with Crippen molar-refractivity contribution in [1.82, 2.24) is 9.97 Å². The Kier molecular flexibility index (Phi) is 3.67. The van der Waals surface area contributed by atoms with Gasteiger partial charge in [0.05, 0.1) is 17.9 Å². The zero-order chi connectivity index (χ0) is 13.1. The van der Waals surface area contributed by atoms with Crippen LogP contribution in [0.4, 0.5) is 11.5 Å². The molecule has 0 radical (unpaired) electrons. The predicted molar refractivity (Wildman–Crippen MR) is 74.7 cm³/mol. The van der Waals surface area contributed by atoms with E-state index in [2.05, 4.69) is 9.97 Å². The van der Waals surface area contributed by atoms with Gasteiger partial charge in [0.25, 0.3) is 0 Å². The summed E-state index contributed by atoms with van der Waals surface area (Å²) in [6.45, 7) is 2.61. The van der Waals surface area contributed by atoms with Crippen molar-refractivity contribution in [2.24, 2.45) is 0 Å². The Morgan fingerprint density at radius 2 is 2.00 bits per heavy atom. The maximum Gasteiger partial charge on any atom is 0.153 e. The Morgan fingerprint density at radius 3 is 2.72 bits per heavy atom. The number of aryl methyl sites for hydroxylation is 1. The average molecular weight is 263 g/mol. The summed E-state index contributed by atoms with van der Waals surface area (Å²) in [6.07, 6.45) is 0. The SMILES string of the molecule is Cc1cccc(CN(C)c2nc(Cl)ccc2N)n1. The van der Waals surface area contributed by atoms with Gasteiger partial charge in [-0.15, -0.1) is 0 Å². The first-order valence-electron chi connectivity index (χ1n) is 5.62. The molecule has 0 aliphatic heterocycles. The highest BCUT2D eigenvalue weighted by molar-refractivity contribution is 6.29. The van der Waals surface area contributed by atoms with E-state index in [0.29, 0.717) is 23.2 Å². The van der Waals surface area contributed by atoms with Gasteiger partial charge in [0, 0.05) is 12.7 Å². The van der Waals surface area contributed by atoms with Crippen LogP contribution in [-0.2, 0) is 6.54 Å². The van der Waals surface area contributed by atoms with Crippen LogP contribution in [0.5, 0.6) is 0 Å². The minimum atomic E-state index is 0.434. The van der Waals surface area contributed by atoms with Crippen molar-refractivity contribution in [3.05, 3.63) is 46.9 Å². The van der Waals surface area contributed by atoms with Crippen molar-refractivity contribution < 1.29 is 0 Å². The van der Waals surface area contributed by atoms with E-state index in [4.69, 9.17) is 17.3 Å². The van der Waals surface area contributed by atoms with Crippen molar-refractivity contribution in [2.45, 2.75) is 13.5 Å². The smallest absolute Gasteiger partial charge is 0.153 e. The molecule has 0 unspecified atom stereocenters. The molecule has 4 nitrogen and oxygen atoms in total. The molecule has 0 spiro atoms. The van der Waals surface area contributed by atoms with Crippen molar-refractivity contribution in [2.75, 3.05) is 17.7 Å². The Morgan fingerprint density at radius 1 is 1.22 bits per heavy atom. The third-order valence-electron chi connectivity index (χ3n) is 2.58. The number of nitrogens with two attached hydrogens (primary N) is 1. The first-order chi connectivity index (χ1) is 8.56. The highest BCUT2D eigenvalue weighted by atomic mass is 35.5. The number of nitrogen functional groups attached to an aromatic ring is 1. The van der Waals surface area contributed by atoms with Crippen LogP contribution in [-0.4, -0.2) is 17.0 Å². The normalized spacial score (nSPS) is 10.4. The number of anilines is 2. The maximum absolute atomic E-state index is 5.89. The molecule has 18 heavy (non-hydrogen) atoms. The molecule has 0 bridgehead atoms. The zero-order valence-corrected chi connectivity index (χ0v) is 11.1. The number of pyridine rings is 2. The molecule has 94 valence electrons. The summed E-state index contributed by atoms with van der Waals surface area (Å²) >= 11 is 5.88. The van der Waals surface area contributed by atoms with Crippen LogP contribution in [0.15, 0.2) is 30.3 Å². The summed E-state index contributed by atoms with van der Waals surface area (Å²) in [5.74, 6) is 0.672. The molecule has 0 saturated heterocycles. The van der Waals surface area contributed by atoms with Crippen LogP contribution in [0.2, 0.25) is 5.15 Å². The lowest BCUT2D eigenvalue weighted by atomic mass is 10.3. The Hall–Kier alpha value is -1.81. The summed E-state index contributed by atoms with van der Waals surface area (Å²) in [5.41, 5.74) is 8.46. The van der Waals surface area contributed by atoms with E-state index in [9.17, 15) is 0 Å². The van der Waals surface area contributed by atoms with Gasteiger partial charge in [0.15, 0.2) is 5.82 Å². The number of hydrogen-bond donors (Lipinski definition) is 1. The molecule has 0 fully saturated rings. The summed E-state index contributed by atoms with van der Waals surface area (Å²) in [5, 5.41) is 0.434. The summed E-state index contributed by atoms with van der Waals surface area (Å²) in [4.78, 5) is 10.6. The second kappa shape index (κ2) is 5.23. The Bertz CT molecular complexity index is 556. The van der Waals surface area contributed by atoms with Crippen molar-refractivity contribution in [3.63, 3.8) is 0 Å². The van der Waals surface area contributed by atoms with E-state index < -0.39 is 0 Å². The van der Waals surface area contributed by atoms with E-state index in [0.717, 1.165) is 11.4 Å². The van der Waals surface area contributed by atoms with Crippen molar-refractivity contribution in [3.8, 4) is 0 Å². The van der Waals surface area contributed by atoms with Crippen LogP contribution >= 0.6 is 11.6 Å². The topological polar surface area (TPSA) is 55.0 Å². The molecular formula is C13H15ClN4. The van der Waals surface area contributed by atoms with Gasteiger partial charge < -0.3 is 10.6 Å². The molecule has 2 rings (SSSR count). The second-order valence-electron chi connectivity index (χ2n) is 4.17. The van der Waals surface area contributed by atoms with Crippen molar-refractivity contribution >= 4 is 23.1 Å². The third kappa shape index (κ3) is 2.90. The molecule has 5 heteroatoms. The molecule has 2 heterocycles. The van der Waals surface area contributed by atoms with Gasteiger partial charge in [-0.2, -0.15) is 0 Å². The fraction of sp³-hybridized carbons (Fsp3) is 0.231. The van der Waals surface area contributed by atoms with Gasteiger partial charge in [-0.3, -0.25) is 4.98 Å². The summed E-state index contributed by atoms with van der Waals surface area (Å²) < 4.78 is 0. The van der Waals surface area contributed by atoms with E-state index in [1.54, 1.807) is 12.1 Å². The number of hydrogen-bond acceptors (Lipinski definition) is 4. The first-order valence-corrected chi connectivity index (χ1v) is 6.00. The highest BCUT2D eigenvalue weighted by Gasteiger charge is 2.09. The number of rotatable bonds is 3. The van der Waals surface area contributed by atoms with Gasteiger partial charge in [0.2, 0.25) is 0 Å². The molecule has 0 aromatic carbocycles. The zero-order valence-electron chi connectivity index (χ0n) is 10.4. The lowest BCUT2D eigenvalue weighted by molar-refractivity contribution is 0.861. The van der Waals surface area contributed by atoms with Crippen LogP contribution in [0.1, 0.15) is 11.4 Å². The van der Waals surface area contributed by atoms with Crippen LogP contribution in [0.3, 0.4) is 0 Å². The molecule has 2 aromatic heterocycles. The summed E-state index contributed by atoms with van der Waals surface area (Å²) in [6, 6.07) is 9.37. The van der Waals surface area contributed by atoms with Gasteiger partial charge in [-0.05, 0) is 31.2 Å². The second-order valence-corrected chi connectivity index (χ2v) is 4.56. The number of halogens is 1. The quantitative estimate of drug-likeness (QED) is 0.864. The Labute approximate surface area is 111 Å². The molecule has 0 saturated carbocycles. The van der Waals surface area contributed by atoms with Crippen LogP contribution in [0.25, 0.3) is 0 Å². The third-order valence-corrected chi connectivity index (χ3v) is 2.79. The average Bonchev–Trinajstić information content (AvgIpc) is 2.32. The maximum atomic E-state index is 5.89. The number of aromatic nitrogens is 2. The minimum Gasteiger partial charge on any atom is -0.396 e. The van der Waals surface area contributed by atoms with E-state index in [1.165, 1.54) is 0 Å². The summed E-state index contributed by atoms with van der Waals surface area (Å²) in [7, 11) is 1.92. The van der Waals surface area contributed by atoms with Crippen LogP contribution < -0.4 is 10.6 Å². The largest absolute Gasteiger partial charge is 0.396 e. The van der Waals surface area contributed by atoms with Gasteiger partial charge in [-0.25, -0.2) is 4.98 Å². The molecule has 0 aliphatic rings. The van der Waals surface area contributed by atoms with E-state index >= 15 is 0 Å². The van der Waals surface area contributed by atoms with Gasteiger partial charge in [0.1, 0.15) is 5.15 Å². The molecule has 2 aromatic rings. The fourth-order valence-corrected chi connectivity index (χ4v) is 1.89. The minimum absolute atomic E-state index is 0.434. The molecule has 0 atom stereocenters. The molecule has 0 aliphatic carbocycles. The van der Waals surface area contributed by atoms with Crippen LogP contribution in [0, 0.1) is 6.92 Å². The van der Waals surface area contributed by atoms with Gasteiger partial charge in [-0.1, -0.05) is 17.7 Å². The predicted octanol–water partition coefficient (Wildman–Crippen LogP) is 2.66. The lowest BCUT2D eigenvalue weighted by Crippen LogP contribution is -2.20. The monoisotopic (exact) mass is 262 g/mol. The first kappa shape index (κ1) is 12.6. The van der Waals surface area contributed by atoms with Gasteiger partial charge >= 0.3 is 0 Å². The molecule has 2 N–H and O–H groups in total. The molecular weight excluding hydrogens is 248 g/mol. The highest BCUT2D eigenvalue weighted by Crippen LogP contribution is 2.22. The number of nitrogens with zero attached hydrogens (tertiary/aromatic N) is 3. The lowest BCUT2D eigenvalue weighted by Gasteiger charge is -2.19. The Balaban J connectivity index is 2.21. The molecule has 0 amide bonds. The fourth-order valence-electron chi connectivity index (χ4n) is 1.75. The van der Waals surface area contributed by atoms with E-state index in [-0.39, 0.29) is 0 Å². The van der Waals surface area contributed by atoms with E-state index in [1.807, 2.05) is 37.1 Å².